The van der Waals surface area contributed by atoms with E-state index < -0.39 is 0 Å². The molecule has 0 radical (unpaired) electrons. The summed E-state index contributed by atoms with van der Waals surface area (Å²) in [6.45, 7) is 0. The van der Waals surface area contributed by atoms with Crippen molar-refractivity contribution in [2.45, 2.75) is 0 Å². The summed E-state index contributed by atoms with van der Waals surface area (Å²) in [5, 5.41) is 1.73. The van der Waals surface area contributed by atoms with Crippen molar-refractivity contribution in [2.24, 2.45) is 0 Å². The third-order valence-corrected chi connectivity index (χ3v) is 5.59. The van der Waals surface area contributed by atoms with Crippen molar-refractivity contribution in [1.29, 1.82) is 0 Å². The summed E-state index contributed by atoms with van der Waals surface area (Å²) in [6.07, 6.45) is 0. The number of rotatable bonds is 1. The maximum atomic E-state index is 14.3. The van der Waals surface area contributed by atoms with Gasteiger partial charge >= 0.3 is 0 Å². The number of benzene rings is 3. The summed E-state index contributed by atoms with van der Waals surface area (Å²) in [7, 11) is 0. The van der Waals surface area contributed by atoms with Crippen LogP contribution in [0.1, 0.15) is 0 Å². The SMILES string of the molecule is Fc1cc(-c2c(Cl)c(Cl)c(Cl)c(Cl)c2Cl)cc2ccccc12. The molecule has 0 aromatic heterocycles. The number of fused-ring (bicyclic) bond motifs is 1. The second kappa shape index (κ2) is 6.07. The molecule has 0 amide bonds. The lowest BCUT2D eigenvalue weighted by molar-refractivity contribution is 0.640. The maximum Gasteiger partial charge on any atom is 0.131 e. The highest BCUT2D eigenvalue weighted by molar-refractivity contribution is 6.56. The first-order valence-corrected chi connectivity index (χ1v) is 8.01. The van der Waals surface area contributed by atoms with E-state index in [4.69, 9.17) is 58.0 Å². The molecule has 0 spiro atoms. The molecule has 0 nitrogen and oxygen atoms in total. The standard InChI is InChI=1S/C16H6Cl5F/c17-12-11(13(18)15(20)16(21)14(12)19)8-5-7-3-1-2-4-9(7)10(22)6-8/h1-6H. The van der Waals surface area contributed by atoms with Crippen molar-refractivity contribution in [3.8, 4) is 11.1 Å². The maximum absolute atomic E-state index is 14.3. The lowest BCUT2D eigenvalue weighted by Crippen LogP contribution is -1.89. The number of hydrogen-bond donors (Lipinski definition) is 0. The van der Waals surface area contributed by atoms with E-state index in [0.29, 0.717) is 21.9 Å². The Kier molecular flexibility index (Phi) is 4.46. The quantitative estimate of drug-likeness (QED) is 0.290. The van der Waals surface area contributed by atoms with Crippen LogP contribution in [0.3, 0.4) is 0 Å². The molecule has 0 saturated heterocycles. The molecule has 0 bridgehead atoms. The van der Waals surface area contributed by atoms with Crippen LogP contribution in [0.15, 0.2) is 36.4 Å². The summed E-state index contributed by atoms with van der Waals surface area (Å²) in [4.78, 5) is 0. The molecule has 22 heavy (non-hydrogen) atoms. The van der Waals surface area contributed by atoms with E-state index in [1.165, 1.54) is 6.07 Å². The van der Waals surface area contributed by atoms with Crippen LogP contribution in [0.2, 0.25) is 25.1 Å². The topological polar surface area (TPSA) is 0 Å². The summed E-state index contributed by atoms with van der Waals surface area (Å²) in [5.41, 5.74) is 0.832. The Hall–Kier alpha value is -0.700. The molecule has 3 aromatic carbocycles. The van der Waals surface area contributed by atoms with Gasteiger partial charge in [-0.05, 0) is 23.1 Å². The molecule has 3 rings (SSSR count). The normalized spacial score (nSPS) is 11.2. The Morgan fingerprint density at radius 1 is 0.682 bits per heavy atom. The average molecular weight is 394 g/mol. The Morgan fingerprint density at radius 3 is 1.86 bits per heavy atom. The first-order valence-electron chi connectivity index (χ1n) is 6.12. The number of halogens is 6. The second-order valence-corrected chi connectivity index (χ2v) is 6.51. The smallest absolute Gasteiger partial charge is 0.131 e. The molecule has 0 heterocycles. The van der Waals surface area contributed by atoms with Gasteiger partial charge in [0.05, 0.1) is 25.1 Å². The van der Waals surface area contributed by atoms with Crippen molar-refractivity contribution >= 4 is 68.8 Å². The fraction of sp³-hybridized carbons (Fsp3) is 0. The molecule has 0 aliphatic heterocycles. The lowest BCUT2D eigenvalue weighted by atomic mass is 10.0. The monoisotopic (exact) mass is 392 g/mol. The van der Waals surface area contributed by atoms with Crippen LogP contribution in [0.4, 0.5) is 4.39 Å². The fourth-order valence-corrected chi connectivity index (χ4v) is 3.62. The predicted molar refractivity (Wildman–Crippen MR) is 94.4 cm³/mol. The van der Waals surface area contributed by atoms with E-state index in [2.05, 4.69) is 0 Å². The minimum Gasteiger partial charge on any atom is -0.206 e. The van der Waals surface area contributed by atoms with Crippen LogP contribution in [-0.2, 0) is 0 Å². The summed E-state index contributed by atoms with van der Waals surface area (Å²) in [6, 6.07) is 10.2. The van der Waals surface area contributed by atoms with Gasteiger partial charge in [0, 0.05) is 10.9 Å². The number of hydrogen-bond acceptors (Lipinski definition) is 0. The highest BCUT2D eigenvalue weighted by Gasteiger charge is 2.21. The van der Waals surface area contributed by atoms with Gasteiger partial charge in [0.25, 0.3) is 0 Å². The van der Waals surface area contributed by atoms with Gasteiger partial charge in [-0.3, -0.25) is 0 Å². The van der Waals surface area contributed by atoms with Crippen LogP contribution in [-0.4, -0.2) is 0 Å². The first kappa shape index (κ1) is 16.2. The average Bonchev–Trinajstić information content (AvgIpc) is 2.51. The van der Waals surface area contributed by atoms with Crippen molar-refractivity contribution < 1.29 is 4.39 Å². The molecule has 0 fully saturated rings. The lowest BCUT2D eigenvalue weighted by Gasteiger charge is -2.13. The molecule has 0 N–H and O–H groups in total. The summed E-state index contributed by atoms with van der Waals surface area (Å²) >= 11 is 30.6. The van der Waals surface area contributed by atoms with Crippen LogP contribution in [0, 0.1) is 5.82 Å². The zero-order valence-corrected chi connectivity index (χ0v) is 14.5. The summed E-state index contributed by atoms with van der Waals surface area (Å²) < 4.78 is 14.3. The van der Waals surface area contributed by atoms with E-state index in [1.807, 2.05) is 6.07 Å². The van der Waals surface area contributed by atoms with Gasteiger partial charge < -0.3 is 0 Å². The highest BCUT2D eigenvalue weighted by atomic mass is 35.5. The van der Waals surface area contributed by atoms with E-state index in [1.54, 1.807) is 24.3 Å². The Labute approximate surface area is 151 Å². The first-order chi connectivity index (χ1) is 10.4. The van der Waals surface area contributed by atoms with E-state index in [0.717, 1.165) is 0 Å². The van der Waals surface area contributed by atoms with Crippen molar-refractivity contribution in [2.75, 3.05) is 0 Å². The molecule has 6 heteroatoms. The van der Waals surface area contributed by atoms with Crippen LogP contribution in [0.25, 0.3) is 21.9 Å². The van der Waals surface area contributed by atoms with Crippen LogP contribution in [0.5, 0.6) is 0 Å². The van der Waals surface area contributed by atoms with E-state index in [9.17, 15) is 4.39 Å². The third kappa shape index (κ3) is 2.55. The van der Waals surface area contributed by atoms with Gasteiger partial charge in [-0.1, -0.05) is 82.3 Å². The molecular weight excluding hydrogens is 388 g/mol. The minimum absolute atomic E-state index is 0.0725. The zero-order chi connectivity index (χ0) is 16.0. The third-order valence-electron chi connectivity index (χ3n) is 3.31. The molecule has 0 saturated carbocycles. The molecule has 0 atom stereocenters. The summed E-state index contributed by atoms with van der Waals surface area (Å²) in [5.74, 6) is -0.387. The molecule has 0 aliphatic rings. The van der Waals surface area contributed by atoms with Gasteiger partial charge in [-0.25, -0.2) is 4.39 Å². The molecule has 112 valence electrons. The van der Waals surface area contributed by atoms with Gasteiger partial charge in [0.1, 0.15) is 5.82 Å². The fourth-order valence-electron chi connectivity index (χ4n) is 2.27. The van der Waals surface area contributed by atoms with Crippen LogP contribution < -0.4 is 0 Å². The highest BCUT2D eigenvalue weighted by Crippen LogP contribution is 2.48. The molecule has 0 aliphatic carbocycles. The predicted octanol–water partition coefficient (Wildman–Crippen LogP) is 7.91. The second-order valence-electron chi connectivity index (χ2n) is 4.62. The Morgan fingerprint density at radius 2 is 1.23 bits per heavy atom. The Balaban J connectivity index is 2.38. The molecular formula is C16H6Cl5F. The largest absolute Gasteiger partial charge is 0.206 e. The van der Waals surface area contributed by atoms with Gasteiger partial charge in [0.15, 0.2) is 0 Å². The van der Waals surface area contributed by atoms with Gasteiger partial charge in [-0.15, -0.1) is 0 Å². The minimum atomic E-state index is -0.387. The van der Waals surface area contributed by atoms with Crippen molar-refractivity contribution in [3.05, 3.63) is 67.3 Å². The Bertz CT molecular complexity index is 876. The van der Waals surface area contributed by atoms with Crippen LogP contribution >= 0.6 is 58.0 Å². The zero-order valence-electron chi connectivity index (χ0n) is 10.7. The van der Waals surface area contributed by atoms with Gasteiger partial charge in [-0.2, -0.15) is 0 Å². The van der Waals surface area contributed by atoms with E-state index >= 15 is 0 Å². The van der Waals surface area contributed by atoms with Crippen molar-refractivity contribution in [1.82, 2.24) is 0 Å². The van der Waals surface area contributed by atoms with E-state index in [-0.39, 0.29) is 30.9 Å². The molecule has 3 aromatic rings. The van der Waals surface area contributed by atoms with Crippen molar-refractivity contribution in [3.63, 3.8) is 0 Å². The molecule has 0 unspecified atom stereocenters. The van der Waals surface area contributed by atoms with Gasteiger partial charge in [0.2, 0.25) is 0 Å².